The molecule has 0 atom stereocenters. The van der Waals surface area contributed by atoms with Gasteiger partial charge < -0.3 is 5.32 Å². The molecule has 0 saturated carbocycles. The van der Waals surface area contributed by atoms with E-state index in [-0.39, 0.29) is 5.91 Å². The van der Waals surface area contributed by atoms with Crippen LogP contribution in [-0.4, -0.2) is 30.4 Å². The third-order valence-corrected chi connectivity index (χ3v) is 5.65. The summed E-state index contributed by atoms with van der Waals surface area (Å²) in [6.07, 6.45) is 3.26. The highest BCUT2D eigenvalue weighted by Gasteiger charge is 2.14. The molecule has 0 aromatic heterocycles. The Kier molecular flexibility index (Phi) is 6.38. The van der Waals surface area contributed by atoms with E-state index in [4.69, 9.17) is 0 Å². The van der Waals surface area contributed by atoms with Crippen LogP contribution in [0.4, 0.5) is 0 Å². The number of nitrogens with zero attached hydrogens (tertiary/aromatic N) is 1. The second-order valence-electron chi connectivity index (χ2n) is 7.70. The minimum Gasteiger partial charge on any atom is -0.352 e. The van der Waals surface area contributed by atoms with Crippen molar-refractivity contribution in [3.63, 3.8) is 0 Å². The number of hydrogen-bond acceptors (Lipinski definition) is 2. The Morgan fingerprint density at radius 1 is 0.793 bits per heavy atom. The number of nitrogens with one attached hydrogen (secondary N) is 1. The zero-order chi connectivity index (χ0) is 19.9. The summed E-state index contributed by atoms with van der Waals surface area (Å²) in [5, 5.41) is 3.05. The van der Waals surface area contributed by atoms with Crippen molar-refractivity contribution < 1.29 is 4.79 Å². The van der Waals surface area contributed by atoms with Gasteiger partial charge >= 0.3 is 0 Å². The lowest BCUT2D eigenvalue weighted by molar-refractivity contribution is 0.0952. The quantitative estimate of drug-likeness (QED) is 0.586. The highest BCUT2D eigenvalue weighted by molar-refractivity contribution is 5.94. The molecule has 1 N–H and O–H groups in total. The highest BCUT2D eigenvalue weighted by atomic mass is 16.1. The van der Waals surface area contributed by atoms with Gasteiger partial charge in [0.15, 0.2) is 0 Å². The Balaban J connectivity index is 1.18. The van der Waals surface area contributed by atoms with Gasteiger partial charge in [-0.15, -0.1) is 0 Å². The van der Waals surface area contributed by atoms with Gasteiger partial charge in [0, 0.05) is 25.2 Å². The van der Waals surface area contributed by atoms with E-state index in [0.29, 0.717) is 0 Å². The minimum absolute atomic E-state index is 0.0107. The third kappa shape index (κ3) is 5.12. The summed E-state index contributed by atoms with van der Waals surface area (Å²) in [6, 6.07) is 26.8. The van der Waals surface area contributed by atoms with Crippen molar-refractivity contribution in [2.45, 2.75) is 25.8 Å². The fourth-order valence-electron chi connectivity index (χ4n) is 3.95. The van der Waals surface area contributed by atoms with Crippen LogP contribution in [0, 0.1) is 0 Å². The van der Waals surface area contributed by atoms with Crippen LogP contribution in [0.2, 0.25) is 0 Å². The Morgan fingerprint density at radius 3 is 2.28 bits per heavy atom. The molecule has 1 aliphatic heterocycles. The molecule has 148 valence electrons. The third-order valence-electron chi connectivity index (χ3n) is 5.65. The lowest BCUT2D eigenvalue weighted by Gasteiger charge is -2.28. The Morgan fingerprint density at radius 2 is 1.48 bits per heavy atom. The van der Waals surface area contributed by atoms with Crippen molar-refractivity contribution in [3.05, 3.63) is 95.6 Å². The number of rotatable bonds is 7. The largest absolute Gasteiger partial charge is 0.352 e. The molecule has 4 rings (SSSR count). The molecule has 0 spiro atoms. The van der Waals surface area contributed by atoms with E-state index in [9.17, 15) is 4.79 Å². The summed E-state index contributed by atoms with van der Waals surface area (Å²) in [6.45, 7) is 4.01. The molecule has 0 aliphatic carbocycles. The van der Waals surface area contributed by atoms with E-state index >= 15 is 0 Å². The number of amides is 1. The van der Waals surface area contributed by atoms with Gasteiger partial charge in [-0.3, -0.25) is 9.69 Å². The average Bonchev–Trinajstić information content (AvgIpc) is 2.79. The van der Waals surface area contributed by atoms with Crippen molar-refractivity contribution in [2.24, 2.45) is 0 Å². The van der Waals surface area contributed by atoms with Crippen molar-refractivity contribution in [2.75, 3.05) is 19.6 Å². The number of carbonyl (C=O) groups is 1. The lowest BCUT2D eigenvalue weighted by atomic mass is 10.00. The SMILES string of the molecule is O=C(NCCCCN1CCc2ccccc2C1)c1ccc(-c2ccccc2)cc1. The number of unbranched alkanes of at least 4 members (excludes halogenated alkanes) is 1. The van der Waals surface area contributed by atoms with Crippen molar-refractivity contribution in [1.29, 1.82) is 0 Å². The van der Waals surface area contributed by atoms with Crippen molar-refractivity contribution >= 4 is 5.91 Å². The Bertz CT molecular complexity index is 934. The minimum atomic E-state index is 0.0107. The monoisotopic (exact) mass is 384 g/mol. The smallest absolute Gasteiger partial charge is 0.251 e. The van der Waals surface area contributed by atoms with Gasteiger partial charge in [0.2, 0.25) is 0 Å². The zero-order valence-electron chi connectivity index (χ0n) is 16.8. The maximum absolute atomic E-state index is 12.4. The van der Waals surface area contributed by atoms with Gasteiger partial charge in [0.1, 0.15) is 0 Å². The second kappa shape index (κ2) is 9.53. The van der Waals surface area contributed by atoms with E-state index < -0.39 is 0 Å². The highest BCUT2D eigenvalue weighted by Crippen LogP contribution is 2.20. The Labute approximate surface area is 173 Å². The molecule has 3 nitrogen and oxygen atoms in total. The summed E-state index contributed by atoms with van der Waals surface area (Å²) >= 11 is 0. The van der Waals surface area contributed by atoms with E-state index in [1.807, 2.05) is 42.5 Å². The number of carbonyl (C=O) groups excluding carboxylic acids is 1. The standard InChI is InChI=1S/C26H28N2O/c29-26(24-14-12-23(13-15-24)21-8-2-1-3-9-21)27-17-6-7-18-28-19-16-22-10-4-5-11-25(22)20-28/h1-5,8-15H,6-7,16-20H2,(H,27,29). The number of benzene rings is 3. The predicted octanol–water partition coefficient (Wildman–Crippen LogP) is 4.92. The van der Waals surface area contributed by atoms with E-state index in [1.54, 1.807) is 0 Å². The molecule has 1 amide bonds. The van der Waals surface area contributed by atoms with Crippen LogP contribution in [0.15, 0.2) is 78.9 Å². The van der Waals surface area contributed by atoms with Crippen LogP contribution in [0.1, 0.15) is 34.3 Å². The number of fused-ring (bicyclic) bond motifs is 1. The van der Waals surface area contributed by atoms with Gasteiger partial charge in [0.25, 0.3) is 5.91 Å². The molecule has 3 aromatic rings. The first-order valence-electron chi connectivity index (χ1n) is 10.5. The fraction of sp³-hybridized carbons (Fsp3) is 0.269. The average molecular weight is 385 g/mol. The first kappa shape index (κ1) is 19.4. The molecular weight excluding hydrogens is 356 g/mol. The lowest BCUT2D eigenvalue weighted by Crippen LogP contribution is -2.32. The van der Waals surface area contributed by atoms with Crippen LogP contribution in [0.25, 0.3) is 11.1 Å². The van der Waals surface area contributed by atoms with Crippen LogP contribution in [0.3, 0.4) is 0 Å². The van der Waals surface area contributed by atoms with Gasteiger partial charge in [-0.05, 0) is 60.2 Å². The van der Waals surface area contributed by atoms with Crippen LogP contribution >= 0.6 is 0 Å². The maximum Gasteiger partial charge on any atom is 0.251 e. The van der Waals surface area contributed by atoms with Crippen LogP contribution < -0.4 is 5.32 Å². The predicted molar refractivity (Wildman–Crippen MR) is 119 cm³/mol. The van der Waals surface area contributed by atoms with Crippen molar-refractivity contribution in [3.8, 4) is 11.1 Å². The molecule has 0 radical (unpaired) electrons. The molecule has 3 aromatic carbocycles. The molecule has 0 fully saturated rings. The number of hydrogen-bond donors (Lipinski definition) is 1. The summed E-state index contributed by atoms with van der Waals surface area (Å²) in [7, 11) is 0. The fourth-order valence-corrected chi connectivity index (χ4v) is 3.95. The normalized spacial score (nSPS) is 13.7. The summed E-state index contributed by atoms with van der Waals surface area (Å²) in [5.41, 5.74) is 5.97. The van der Waals surface area contributed by atoms with Gasteiger partial charge in [-0.2, -0.15) is 0 Å². The maximum atomic E-state index is 12.4. The zero-order valence-corrected chi connectivity index (χ0v) is 16.8. The van der Waals surface area contributed by atoms with Crippen LogP contribution in [-0.2, 0) is 13.0 Å². The van der Waals surface area contributed by atoms with E-state index in [2.05, 4.69) is 46.6 Å². The van der Waals surface area contributed by atoms with Crippen molar-refractivity contribution in [1.82, 2.24) is 10.2 Å². The molecule has 0 saturated heterocycles. The van der Waals surface area contributed by atoms with E-state index in [0.717, 1.165) is 56.6 Å². The van der Waals surface area contributed by atoms with Gasteiger partial charge in [0.05, 0.1) is 0 Å². The van der Waals surface area contributed by atoms with E-state index in [1.165, 1.54) is 16.7 Å². The second-order valence-corrected chi connectivity index (χ2v) is 7.70. The van der Waals surface area contributed by atoms with Gasteiger partial charge in [-0.25, -0.2) is 0 Å². The van der Waals surface area contributed by atoms with Crippen LogP contribution in [0.5, 0.6) is 0 Å². The summed E-state index contributed by atoms with van der Waals surface area (Å²) in [4.78, 5) is 14.9. The van der Waals surface area contributed by atoms with Gasteiger partial charge in [-0.1, -0.05) is 66.7 Å². The molecule has 1 aliphatic rings. The summed E-state index contributed by atoms with van der Waals surface area (Å²) < 4.78 is 0. The first-order chi connectivity index (χ1) is 14.3. The molecule has 1 heterocycles. The molecule has 29 heavy (non-hydrogen) atoms. The summed E-state index contributed by atoms with van der Waals surface area (Å²) in [5.74, 6) is 0.0107. The first-order valence-corrected chi connectivity index (χ1v) is 10.5. The topological polar surface area (TPSA) is 32.3 Å². The molecule has 3 heteroatoms. The molecule has 0 unspecified atom stereocenters. The molecule has 0 bridgehead atoms. The Hall–Kier alpha value is -2.91. The molecular formula is C26H28N2O.